The summed E-state index contributed by atoms with van der Waals surface area (Å²) < 4.78 is 1.95. The van der Waals surface area contributed by atoms with Gasteiger partial charge in [-0.1, -0.05) is 0 Å². The first kappa shape index (κ1) is 11.1. The lowest BCUT2D eigenvalue weighted by atomic mass is 10.3. The Morgan fingerprint density at radius 2 is 2.50 bits per heavy atom. The summed E-state index contributed by atoms with van der Waals surface area (Å²) >= 11 is 1.53. The second-order valence-electron chi connectivity index (χ2n) is 3.16. The number of carbonyl (C=O) groups is 1. The van der Waals surface area contributed by atoms with Crippen LogP contribution in [0.1, 0.15) is 6.92 Å². The summed E-state index contributed by atoms with van der Waals surface area (Å²) in [4.78, 5) is 15.2. The maximum atomic E-state index is 11.2. The first-order chi connectivity index (χ1) is 6.72. The molecule has 0 bridgehead atoms. The number of imidazole rings is 1. The number of thioether (sulfide) groups is 1. The second-order valence-corrected chi connectivity index (χ2v) is 4.03. The van der Waals surface area contributed by atoms with Crippen LogP contribution in [0, 0.1) is 0 Å². The van der Waals surface area contributed by atoms with Crippen LogP contribution in [0.4, 0.5) is 0 Å². The van der Waals surface area contributed by atoms with Crippen LogP contribution in [-0.2, 0) is 11.3 Å². The number of carbonyl (C=O) groups excluding carboxylic acids is 1. The Labute approximate surface area is 88.1 Å². The maximum absolute atomic E-state index is 11.2. The van der Waals surface area contributed by atoms with Gasteiger partial charge in [0.1, 0.15) is 0 Å². The van der Waals surface area contributed by atoms with Crippen LogP contribution >= 0.6 is 11.8 Å². The summed E-state index contributed by atoms with van der Waals surface area (Å²) in [6, 6.07) is 0.142. The molecule has 0 aliphatic carbocycles. The van der Waals surface area contributed by atoms with Gasteiger partial charge >= 0.3 is 0 Å². The molecule has 0 fully saturated rings. The number of rotatable bonds is 5. The van der Waals surface area contributed by atoms with Gasteiger partial charge in [0, 0.05) is 25.0 Å². The predicted octanol–water partition coefficient (Wildman–Crippen LogP) is 0.751. The minimum Gasteiger partial charge on any atom is -0.351 e. The molecular weight excluding hydrogens is 198 g/mol. The highest BCUT2D eigenvalue weighted by Gasteiger charge is 2.06. The molecule has 14 heavy (non-hydrogen) atoms. The number of hydrogen-bond acceptors (Lipinski definition) is 3. The van der Waals surface area contributed by atoms with E-state index in [2.05, 4.69) is 10.3 Å². The molecule has 0 saturated carbocycles. The molecule has 0 aromatic carbocycles. The van der Waals surface area contributed by atoms with Crippen LogP contribution in [-0.4, -0.2) is 33.5 Å². The monoisotopic (exact) mass is 213 g/mol. The quantitative estimate of drug-likeness (QED) is 0.785. The number of aromatic nitrogens is 2. The van der Waals surface area contributed by atoms with Crippen LogP contribution in [0.3, 0.4) is 0 Å². The summed E-state index contributed by atoms with van der Waals surface area (Å²) in [5.41, 5.74) is 0. The molecule has 0 radical (unpaired) electrons. The van der Waals surface area contributed by atoms with E-state index in [1.165, 1.54) is 11.8 Å². The van der Waals surface area contributed by atoms with Crippen LogP contribution in [0.15, 0.2) is 18.7 Å². The van der Waals surface area contributed by atoms with Crippen molar-refractivity contribution in [3.63, 3.8) is 0 Å². The topological polar surface area (TPSA) is 46.9 Å². The van der Waals surface area contributed by atoms with Gasteiger partial charge in [0.25, 0.3) is 0 Å². The van der Waals surface area contributed by atoms with E-state index < -0.39 is 0 Å². The van der Waals surface area contributed by atoms with Gasteiger partial charge in [-0.05, 0) is 13.2 Å². The molecule has 1 heterocycles. The Morgan fingerprint density at radius 1 is 1.71 bits per heavy atom. The molecule has 0 aliphatic heterocycles. The molecule has 1 aromatic heterocycles. The molecule has 1 rings (SSSR count). The maximum Gasteiger partial charge on any atom is 0.230 e. The average molecular weight is 213 g/mol. The van der Waals surface area contributed by atoms with Crippen molar-refractivity contribution in [1.82, 2.24) is 14.9 Å². The van der Waals surface area contributed by atoms with Gasteiger partial charge in [0.15, 0.2) is 0 Å². The van der Waals surface area contributed by atoms with E-state index in [9.17, 15) is 4.79 Å². The van der Waals surface area contributed by atoms with Gasteiger partial charge in [0.05, 0.1) is 12.1 Å². The molecule has 5 heteroatoms. The van der Waals surface area contributed by atoms with Crippen molar-refractivity contribution in [3.8, 4) is 0 Å². The summed E-state index contributed by atoms with van der Waals surface area (Å²) in [5.74, 6) is 0.610. The van der Waals surface area contributed by atoms with E-state index in [1.807, 2.05) is 23.9 Å². The van der Waals surface area contributed by atoms with Gasteiger partial charge in [-0.15, -0.1) is 0 Å². The third-order valence-electron chi connectivity index (χ3n) is 1.73. The summed E-state index contributed by atoms with van der Waals surface area (Å²) in [6.07, 6.45) is 7.28. The van der Waals surface area contributed by atoms with Crippen molar-refractivity contribution in [2.75, 3.05) is 12.0 Å². The lowest BCUT2D eigenvalue weighted by Crippen LogP contribution is -2.36. The standard InChI is InChI=1S/C9H15N3OS/c1-8(11-9(13)6-14-2)5-12-4-3-10-7-12/h3-4,7-8H,5-6H2,1-2H3,(H,11,13)/t8-/m0/s1. The van der Waals surface area contributed by atoms with E-state index >= 15 is 0 Å². The molecular formula is C9H15N3OS. The van der Waals surface area contributed by atoms with Gasteiger partial charge in [-0.3, -0.25) is 4.79 Å². The van der Waals surface area contributed by atoms with Crippen LogP contribution in [0.2, 0.25) is 0 Å². The van der Waals surface area contributed by atoms with Gasteiger partial charge in [0.2, 0.25) is 5.91 Å². The molecule has 1 amide bonds. The number of amides is 1. The van der Waals surface area contributed by atoms with Crippen molar-refractivity contribution in [3.05, 3.63) is 18.7 Å². The van der Waals surface area contributed by atoms with E-state index in [4.69, 9.17) is 0 Å². The molecule has 78 valence electrons. The Hall–Kier alpha value is -0.970. The van der Waals surface area contributed by atoms with E-state index in [1.54, 1.807) is 12.5 Å². The fourth-order valence-corrected chi connectivity index (χ4v) is 1.55. The van der Waals surface area contributed by atoms with E-state index in [0.717, 1.165) is 6.54 Å². The smallest absolute Gasteiger partial charge is 0.230 e. The zero-order valence-electron chi connectivity index (χ0n) is 8.43. The molecule has 1 atom stereocenters. The Morgan fingerprint density at radius 3 is 3.07 bits per heavy atom. The van der Waals surface area contributed by atoms with Crippen LogP contribution in [0.5, 0.6) is 0 Å². The number of hydrogen-bond donors (Lipinski definition) is 1. The highest BCUT2D eigenvalue weighted by molar-refractivity contribution is 7.99. The predicted molar refractivity (Wildman–Crippen MR) is 58.2 cm³/mol. The SMILES string of the molecule is CSCC(=O)N[C@@H](C)Cn1ccnc1. The van der Waals surface area contributed by atoms with Gasteiger partial charge in [-0.2, -0.15) is 11.8 Å². The Balaban J connectivity index is 2.29. The fraction of sp³-hybridized carbons (Fsp3) is 0.556. The van der Waals surface area contributed by atoms with Gasteiger partial charge < -0.3 is 9.88 Å². The minimum atomic E-state index is 0.0881. The normalized spacial score (nSPS) is 12.4. The summed E-state index contributed by atoms with van der Waals surface area (Å²) in [6.45, 7) is 2.75. The first-order valence-electron chi connectivity index (χ1n) is 4.46. The number of nitrogens with one attached hydrogen (secondary N) is 1. The highest BCUT2D eigenvalue weighted by Crippen LogP contribution is 1.94. The second kappa shape index (κ2) is 5.70. The highest BCUT2D eigenvalue weighted by atomic mass is 32.2. The molecule has 4 nitrogen and oxygen atoms in total. The molecule has 1 aromatic rings. The molecule has 1 N–H and O–H groups in total. The Bertz CT molecular complexity index is 274. The zero-order valence-corrected chi connectivity index (χ0v) is 9.25. The summed E-state index contributed by atoms with van der Waals surface area (Å²) in [5, 5.41) is 2.91. The largest absolute Gasteiger partial charge is 0.351 e. The van der Waals surface area contributed by atoms with E-state index in [0.29, 0.717) is 5.75 Å². The van der Waals surface area contributed by atoms with Crippen molar-refractivity contribution in [2.24, 2.45) is 0 Å². The third-order valence-corrected chi connectivity index (χ3v) is 2.28. The number of nitrogens with zero attached hydrogens (tertiary/aromatic N) is 2. The molecule has 0 unspecified atom stereocenters. The molecule has 0 saturated heterocycles. The molecule has 0 aliphatic rings. The average Bonchev–Trinajstić information content (AvgIpc) is 2.56. The van der Waals surface area contributed by atoms with Crippen molar-refractivity contribution in [1.29, 1.82) is 0 Å². The van der Waals surface area contributed by atoms with Crippen LogP contribution in [0.25, 0.3) is 0 Å². The van der Waals surface area contributed by atoms with Crippen molar-refractivity contribution < 1.29 is 4.79 Å². The Kier molecular flexibility index (Phi) is 4.52. The third kappa shape index (κ3) is 3.83. The lowest BCUT2D eigenvalue weighted by molar-refractivity contribution is -0.119. The van der Waals surface area contributed by atoms with Crippen molar-refractivity contribution in [2.45, 2.75) is 19.5 Å². The van der Waals surface area contributed by atoms with Gasteiger partial charge in [-0.25, -0.2) is 4.98 Å². The van der Waals surface area contributed by atoms with Crippen LogP contribution < -0.4 is 5.32 Å². The first-order valence-corrected chi connectivity index (χ1v) is 5.86. The fourth-order valence-electron chi connectivity index (χ4n) is 1.20. The lowest BCUT2D eigenvalue weighted by Gasteiger charge is -2.13. The minimum absolute atomic E-state index is 0.0881. The van der Waals surface area contributed by atoms with E-state index in [-0.39, 0.29) is 11.9 Å². The zero-order chi connectivity index (χ0) is 10.4. The summed E-state index contributed by atoms with van der Waals surface area (Å²) in [7, 11) is 0. The van der Waals surface area contributed by atoms with Crippen molar-refractivity contribution >= 4 is 17.7 Å². The molecule has 0 spiro atoms.